The fourth-order valence-electron chi connectivity index (χ4n) is 1.30. The SMILES string of the molecule is CN(CCO)Cc1nnc(-c2ccco2)o1. The molecule has 0 aromatic carbocycles. The molecule has 2 aromatic rings. The van der Waals surface area contributed by atoms with Crippen molar-refractivity contribution < 1.29 is 13.9 Å². The molecular weight excluding hydrogens is 210 g/mol. The molecule has 6 heteroatoms. The Balaban J connectivity index is 2.03. The third-order valence-corrected chi connectivity index (χ3v) is 2.09. The third kappa shape index (κ3) is 2.47. The van der Waals surface area contributed by atoms with Crippen LogP contribution in [0.2, 0.25) is 0 Å². The van der Waals surface area contributed by atoms with Crippen LogP contribution in [0.4, 0.5) is 0 Å². The quantitative estimate of drug-likeness (QED) is 0.806. The van der Waals surface area contributed by atoms with Gasteiger partial charge in [-0.15, -0.1) is 10.2 Å². The molecule has 0 saturated heterocycles. The first-order valence-electron chi connectivity index (χ1n) is 4.95. The van der Waals surface area contributed by atoms with Gasteiger partial charge in [-0.05, 0) is 19.2 Å². The van der Waals surface area contributed by atoms with E-state index in [1.54, 1.807) is 18.4 Å². The van der Waals surface area contributed by atoms with E-state index in [4.69, 9.17) is 13.9 Å². The van der Waals surface area contributed by atoms with Crippen molar-refractivity contribution in [1.29, 1.82) is 0 Å². The lowest BCUT2D eigenvalue weighted by Gasteiger charge is -2.10. The minimum absolute atomic E-state index is 0.107. The zero-order valence-electron chi connectivity index (χ0n) is 8.96. The fraction of sp³-hybridized carbons (Fsp3) is 0.400. The smallest absolute Gasteiger partial charge is 0.283 e. The minimum atomic E-state index is 0.107. The number of aliphatic hydroxyl groups is 1. The van der Waals surface area contributed by atoms with Gasteiger partial charge in [-0.25, -0.2) is 0 Å². The van der Waals surface area contributed by atoms with Crippen LogP contribution in [0.15, 0.2) is 27.2 Å². The highest BCUT2D eigenvalue weighted by Crippen LogP contribution is 2.18. The van der Waals surface area contributed by atoms with Gasteiger partial charge < -0.3 is 13.9 Å². The average Bonchev–Trinajstić information content (AvgIpc) is 2.86. The van der Waals surface area contributed by atoms with E-state index < -0.39 is 0 Å². The van der Waals surface area contributed by atoms with Crippen molar-refractivity contribution in [3.8, 4) is 11.7 Å². The van der Waals surface area contributed by atoms with E-state index in [0.717, 1.165) is 0 Å². The van der Waals surface area contributed by atoms with E-state index in [1.165, 1.54) is 0 Å². The summed E-state index contributed by atoms with van der Waals surface area (Å²) in [4.78, 5) is 1.89. The summed E-state index contributed by atoms with van der Waals surface area (Å²) in [5.74, 6) is 1.43. The van der Waals surface area contributed by atoms with Crippen molar-refractivity contribution in [3.05, 3.63) is 24.3 Å². The Hall–Kier alpha value is -1.66. The van der Waals surface area contributed by atoms with Crippen LogP contribution < -0.4 is 0 Å². The van der Waals surface area contributed by atoms with Gasteiger partial charge in [0.15, 0.2) is 5.76 Å². The zero-order valence-corrected chi connectivity index (χ0v) is 8.96. The number of hydrogen-bond acceptors (Lipinski definition) is 6. The van der Waals surface area contributed by atoms with Crippen molar-refractivity contribution in [3.63, 3.8) is 0 Å². The molecule has 2 heterocycles. The summed E-state index contributed by atoms with van der Waals surface area (Å²) in [5, 5.41) is 16.5. The third-order valence-electron chi connectivity index (χ3n) is 2.09. The Morgan fingerprint density at radius 3 is 3.00 bits per heavy atom. The molecule has 0 aliphatic heterocycles. The molecule has 0 atom stereocenters. The number of nitrogens with zero attached hydrogens (tertiary/aromatic N) is 3. The Morgan fingerprint density at radius 1 is 1.44 bits per heavy atom. The highest BCUT2D eigenvalue weighted by molar-refractivity contribution is 5.42. The minimum Gasteiger partial charge on any atom is -0.459 e. The van der Waals surface area contributed by atoms with Gasteiger partial charge in [0.05, 0.1) is 19.4 Å². The first-order valence-corrected chi connectivity index (χ1v) is 4.95. The summed E-state index contributed by atoms with van der Waals surface area (Å²) in [5.41, 5.74) is 0. The molecule has 0 bridgehead atoms. The van der Waals surface area contributed by atoms with Gasteiger partial charge in [-0.2, -0.15) is 0 Å². The number of aliphatic hydroxyl groups excluding tert-OH is 1. The summed E-state index contributed by atoms with van der Waals surface area (Å²) in [7, 11) is 1.87. The first kappa shape index (κ1) is 10.8. The van der Waals surface area contributed by atoms with Crippen LogP contribution in [0.1, 0.15) is 5.89 Å². The molecule has 0 radical (unpaired) electrons. The molecule has 0 aliphatic rings. The number of furan rings is 1. The largest absolute Gasteiger partial charge is 0.459 e. The van der Waals surface area contributed by atoms with Crippen LogP contribution in [0.25, 0.3) is 11.7 Å². The summed E-state index contributed by atoms with van der Waals surface area (Å²) in [6.45, 7) is 1.18. The molecule has 6 nitrogen and oxygen atoms in total. The molecule has 16 heavy (non-hydrogen) atoms. The second-order valence-corrected chi connectivity index (χ2v) is 3.44. The van der Waals surface area contributed by atoms with Crippen molar-refractivity contribution in [2.75, 3.05) is 20.2 Å². The Morgan fingerprint density at radius 2 is 2.31 bits per heavy atom. The zero-order chi connectivity index (χ0) is 11.4. The predicted octanol–water partition coefficient (Wildman–Crippen LogP) is 0.754. The molecule has 86 valence electrons. The van der Waals surface area contributed by atoms with E-state index in [9.17, 15) is 0 Å². The molecule has 2 aromatic heterocycles. The number of rotatable bonds is 5. The molecule has 2 rings (SSSR count). The lowest BCUT2D eigenvalue weighted by atomic mass is 10.4. The van der Waals surface area contributed by atoms with E-state index >= 15 is 0 Å². The van der Waals surface area contributed by atoms with Gasteiger partial charge in [0.2, 0.25) is 5.89 Å². The van der Waals surface area contributed by atoms with Crippen molar-refractivity contribution >= 4 is 0 Å². The van der Waals surface area contributed by atoms with Gasteiger partial charge in [0, 0.05) is 6.54 Å². The second-order valence-electron chi connectivity index (χ2n) is 3.44. The lowest BCUT2D eigenvalue weighted by Crippen LogP contribution is -2.21. The normalized spacial score (nSPS) is 11.2. The summed E-state index contributed by atoms with van der Waals surface area (Å²) in [6, 6.07) is 3.52. The van der Waals surface area contributed by atoms with E-state index in [1.807, 2.05) is 11.9 Å². The Labute approximate surface area is 92.5 Å². The van der Waals surface area contributed by atoms with Gasteiger partial charge >= 0.3 is 0 Å². The fourth-order valence-corrected chi connectivity index (χ4v) is 1.30. The maximum atomic E-state index is 8.75. The van der Waals surface area contributed by atoms with Crippen LogP contribution in [-0.4, -0.2) is 40.4 Å². The topological polar surface area (TPSA) is 75.5 Å². The van der Waals surface area contributed by atoms with E-state index in [0.29, 0.717) is 30.6 Å². The second kappa shape index (κ2) is 4.91. The van der Waals surface area contributed by atoms with Crippen molar-refractivity contribution in [2.24, 2.45) is 0 Å². The molecule has 0 fully saturated rings. The lowest BCUT2D eigenvalue weighted by molar-refractivity contribution is 0.206. The summed E-state index contributed by atoms with van der Waals surface area (Å²) < 4.78 is 10.5. The number of aromatic nitrogens is 2. The Kier molecular flexibility index (Phi) is 3.33. The van der Waals surface area contributed by atoms with Gasteiger partial charge in [-0.1, -0.05) is 0 Å². The van der Waals surface area contributed by atoms with Crippen LogP contribution >= 0.6 is 0 Å². The molecule has 1 N–H and O–H groups in total. The van der Waals surface area contributed by atoms with Crippen LogP contribution in [0, 0.1) is 0 Å². The monoisotopic (exact) mass is 223 g/mol. The number of likely N-dealkylation sites (N-methyl/N-ethyl adjacent to an activating group) is 1. The summed E-state index contributed by atoms with van der Waals surface area (Å²) in [6.07, 6.45) is 1.55. The maximum absolute atomic E-state index is 8.75. The number of hydrogen-bond donors (Lipinski definition) is 1. The van der Waals surface area contributed by atoms with Gasteiger partial charge in [0.1, 0.15) is 0 Å². The van der Waals surface area contributed by atoms with Gasteiger partial charge in [-0.3, -0.25) is 4.90 Å². The first-order chi connectivity index (χ1) is 7.79. The molecular formula is C10H13N3O3. The van der Waals surface area contributed by atoms with Gasteiger partial charge in [0.25, 0.3) is 5.89 Å². The van der Waals surface area contributed by atoms with Crippen molar-refractivity contribution in [1.82, 2.24) is 15.1 Å². The highest BCUT2D eigenvalue weighted by Gasteiger charge is 2.11. The molecule has 0 spiro atoms. The molecule has 0 saturated carbocycles. The standard InChI is InChI=1S/C10H13N3O3/c1-13(4-5-14)7-9-11-12-10(16-9)8-3-2-6-15-8/h2-3,6,14H,4-5,7H2,1H3. The van der Waals surface area contributed by atoms with E-state index in [-0.39, 0.29) is 6.61 Å². The van der Waals surface area contributed by atoms with Crippen LogP contribution in [-0.2, 0) is 6.54 Å². The molecule has 0 aliphatic carbocycles. The molecule has 0 unspecified atom stereocenters. The van der Waals surface area contributed by atoms with Crippen molar-refractivity contribution in [2.45, 2.75) is 6.54 Å². The highest BCUT2D eigenvalue weighted by atomic mass is 16.4. The van der Waals surface area contributed by atoms with E-state index in [2.05, 4.69) is 10.2 Å². The average molecular weight is 223 g/mol. The Bertz CT molecular complexity index is 424. The van der Waals surface area contributed by atoms with Crippen LogP contribution in [0.3, 0.4) is 0 Å². The molecule has 0 amide bonds. The predicted molar refractivity (Wildman–Crippen MR) is 55.4 cm³/mol. The van der Waals surface area contributed by atoms with Crippen LogP contribution in [0.5, 0.6) is 0 Å². The maximum Gasteiger partial charge on any atom is 0.283 e. The summed E-state index contributed by atoms with van der Waals surface area (Å²) >= 11 is 0.